The van der Waals surface area contributed by atoms with Gasteiger partial charge in [-0.05, 0) is 55.5 Å². The Balaban J connectivity index is 1.38. The number of carbonyl (C=O) groups excluding carboxylic acids is 1. The molecule has 0 fully saturated rings. The van der Waals surface area contributed by atoms with E-state index < -0.39 is 11.1 Å². The summed E-state index contributed by atoms with van der Waals surface area (Å²) in [6, 6.07) is 22.7. The molecule has 0 aliphatic heterocycles. The van der Waals surface area contributed by atoms with Crippen LogP contribution in [0.25, 0.3) is 11.4 Å². The summed E-state index contributed by atoms with van der Waals surface area (Å²) in [4.78, 5) is 12.6. The SMILES string of the molecule is CC(Sc1nnc(-c2ccccc2F)n1N)C(=O)Nc1ccc(Oc2ccccc2)cc1. The molecule has 4 aromatic rings. The van der Waals surface area contributed by atoms with Crippen molar-refractivity contribution in [1.82, 2.24) is 14.9 Å². The Bertz CT molecular complexity index is 1210. The fraction of sp³-hybridized carbons (Fsp3) is 0.0870. The number of rotatable bonds is 7. The second-order valence-electron chi connectivity index (χ2n) is 6.84. The van der Waals surface area contributed by atoms with Gasteiger partial charge in [-0.25, -0.2) is 9.07 Å². The third-order valence-electron chi connectivity index (χ3n) is 4.53. The molecule has 7 nitrogen and oxygen atoms in total. The lowest BCUT2D eigenvalue weighted by atomic mass is 10.2. The number of thioether (sulfide) groups is 1. The molecule has 1 amide bonds. The van der Waals surface area contributed by atoms with Crippen molar-refractivity contribution in [2.75, 3.05) is 11.2 Å². The van der Waals surface area contributed by atoms with Gasteiger partial charge in [0, 0.05) is 5.69 Å². The summed E-state index contributed by atoms with van der Waals surface area (Å²) in [7, 11) is 0. The number of hydrogen-bond acceptors (Lipinski definition) is 6. The van der Waals surface area contributed by atoms with Crippen molar-refractivity contribution in [2.24, 2.45) is 0 Å². The minimum absolute atomic E-state index is 0.187. The third-order valence-corrected chi connectivity index (χ3v) is 5.59. The number of aromatic nitrogens is 3. The summed E-state index contributed by atoms with van der Waals surface area (Å²) < 4.78 is 21.0. The molecular weight excluding hydrogens is 429 g/mol. The van der Waals surface area contributed by atoms with E-state index in [2.05, 4.69) is 15.5 Å². The largest absolute Gasteiger partial charge is 0.457 e. The van der Waals surface area contributed by atoms with Gasteiger partial charge < -0.3 is 15.9 Å². The van der Waals surface area contributed by atoms with Crippen LogP contribution >= 0.6 is 11.8 Å². The Labute approximate surface area is 188 Å². The molecule has 0 aliphatic rings. The van der Waals surface area contributed by atoms with E-state index >= 15 is 0 Å². The number of carbonyl (C=O) groups is 1. The highest BCUT2D eigenvalue weighted by Gasteiger charge is 2.21. The number of amides is 1. The van der Waals surface area contributed by atoms with Crippen LogP contribution in [0.4, 0.5) is 10.1 Å². The number of nitrogen functional groups attached to an aromatic ring is 1. The first kappa shape index (κ1) is 21.4. The van der Waals surface area contributed by atoms with Gasteiger partial charge in [0.25, 0.3) is 0 Å². The van der Waals surface area contributed by atoms with Crippen LogP contribution in [-0.2, 0) is 4.79 Å². The normalized spacial score (nSPS) is 11.7. The molecule has 162 valence electrons. The number of nitrogens with two attached hydrogens (primary N) is 1. The molecule has 1 heterocycles. The van der Waals surface area contributed by atoms with Gasteiger partial charge in [-0.3, -0.25) is 4.79 Å². The van der Waals surface area contributed by atoms with Gasteiger partial charge in [-0.15, -0.1) is 10.2 Å². The van der Waals surface area contributed by atoms with Gasteiger partial charge in [0.2, 0.25) is 11.1 Å². The maximum absolute atomic E-state index is 14.0. The van der Waals surface area contributed by atoms with Gasteiger partial charge in [0.05, 0.1) is 10.8 Å². The lowest BCUT2D eigenvalue weighted by Gasteiger charge is -2.12. The predicted molar refractivity (Wildman–Crippen MR) is 122 cm³/mol. The number of halogens is 1. The van der Waals surface area contributed by atoms with Crippen LogP contribution in [0, 0.1) is 5.82 Å². The summed E-state index contributed by atoms with van der Waals surface area (Å²) in [5.74, 6) is 6.94. The first-order valence-electron chi connectivity index (χ1n) is 9.77. The van der Waals surface area contributed by atoms with Gasteiger partial charge >= 0.3 is 0 Å². The fourth-order valence-corrected chi connectivity index (χ4v) is 3.64. The van der Waals surface area contributed by atoms with Crippen molar-refractivity contribution in [2.45, 2.75) is 17.3 Å². The molecule has 0 saturated carbocycles. The molecule has 0 bridgehead atoms. The van der Waals surface area contributed by atoms with Gasteiger partial charge in [-0.1, -0.05) is 42.1 Å². The van der Waals surface area contributed by atoms with Crippen LogP contribution < -0.4 is 15.9 Å². The molecule has 3 aromatic carbocycles. The van der Waals surface area contributed by atoms with E-state index in [1.807, 2.05) is 30.3 Å². The smallest absolute Gasteiger partial charge is 0.237 e. The Morgan fingerprint density at radius 3 is 2.38 bits per heavy atom. The maximum Gasteiger partial charge on any atom is 0.237 e. The summed E-state index contributed by atoms with van der Waals surface area (Å²) in [6.45, 7) is 1.73. The zero-order valence-electron chi connectivity index (χ0n) is 17.1. The highest BCUT2D eigenvalue weighted by atomic mass is 32.2. The van der Waals surface area contributed by atoms with Crippen molar-refractivity contribution >= 4 is 23.4 Å². The number of anilines is 1. The van der Waals surface area contributed by atoms with Crippen molar-refractivity contribution < 1.29 is 13.9 Å². The number of ether oxygens (including phenoxy) is 1. The summed E-state index contributed by atoms with van der Waals surface area (Å²) in [5.41, 5.74) is 0.869. The molecule has 1 atom stereocenters. The van der Waals surface area contributed by atoms with Gasteiger partial charge in [0.15, 0.2) is 5.82 Å². The van der Waals surface area contributed by atoms with Gasteiger partial charge in [0.1, 0.15) is 17.3 Å². The number of benzene rings is 3. The van der Waals surface area contributed by atoms with E-state index in [0.29, 0.717) is 16.6 Å². The molecule has 0 radical (unpaired) electrons. The van der Waals surface area contributed by atoms with E-state index in [0.717, 1.165) is 17.5 Å². The van der Waals surface area contributed by atoms with Crippen molar-refractivity contribution in [1.29, 1.82) is 0 Å². The molecule has 9 heteroatoms. The number of nitrogens with zero attached hydrogens (tertiary/aromatic N) is 3. The molecule has 32 heavy (non-hydrogen) atoms. The number of para-hydroxylation sites is 1. The average Bonchev–Trinajstić information content (AvgIpc) is 3.16. The average molecular weight is 450 g/mol. The monoisotopic (exact) mass is 449 g/mol. The zero-order chi connectivity index (χ0) is 22.5. The quantitative estimate of drug-likeness (QED) is 0.313. The van der Waals surface area contributed by atoms with Crippen LogP contribution in [0.1, 0.15) is 6.92 Å². The first-order chi connectivity index (χ1) is 15.5. The standard InChI is InChI=1S/C23H20FN5O2S/c1-15(32-23-28-27-21(29(23)25)19-9-5-6-10-20(19)24)22(30)26-16-11-13-18(14-12-16)31-17-7-3-2-4-8-17/h2-15H,25H2,1H3,(H,26,30). The van der Waals surface area contributed by atoms with Crippen LogP contribution in [-0.4, -0.2) is 26.0 Å². The zero-order valence-corrected chi connectivity index (χ0v) is 17.9. The van der Waals surface area contributed by atoms with Crippen molar-refractivity contribution in [3.63, 3.8) is 0 Å². The lowest BCUT2D eigenvalue weighted by molar-refractivity contribution is -0.115. The summed E-state index contributed by atoms with van der Waals surface area (Å²) in [5, 5.41) is 10.6. The van der Waals surface area contributed by atoms with Crippen LogP contribution in [0.2, 0.25) is 0 Å². The van der Waals surface area contributed by atoms with E-state index in [9.17, 15) is 9.18 Å². The minimum Gasteiger partial charge on any atom is -0.457 e. The first-order valence-corrected chi connectivity index (χ1v) is 10.6. The molecule has 1 aromatic heterocycles. The molecule has 0 spiro atoms. The van der Waals surface area contributed by atoms with Gasteiger partial charge in [-0.2, -0.15) is 0 Å². The fourth-order valence-electron chi connectivity index (χ4n) is 2.87. The predicted octanol–water partition coefficient (Wildman–Crippen LogP) is 4.71. The summed E-state index contributed by atoms with van der Waals surface area (Å²) >= 11 is 1.13. The third kappa shape index (κ3) is 4.89. The van der Waals surface area contributed by atoms with E-state index in [1.165, 1.54) is 10.7 Å². The van der Waals surface area contributed by atoms with Crippen LogP contribution in [0.15, 0.2) is 84.0 Å². The van der Waals surface area contributed by atoms with Crippen molar-refractivity contribution in [3.8, 4) is 22.9 Å². The molecule has 1 unspecified atom stereocenters. The topological polar surface area (TPSA) is 95.1 Å². The molecule has 0 aliphatic carbocycles. The van der Waals surface area contributed by atoms with Crippen LogP contribution in [0.5, 0.6) is 11.5 Å². The molecule has 0 saturated heterocycles. The Hall–Kier alpha value is -3.85. The summed E-state index contributed by atoms with van der Waals surface area (Å²) in [6.07, 6.45) is 0. The maximum atomic E-state index is 14.0. The van der Waals surface area contributed by atoms with E-state index in [4.69, 9.17) is 10.6 Å². The Morgan fingerprint density at radius 2 is 1.66 bits per heavy atom. The Morgan fingerprint density at radius 1 is 1.00 bits per heavy atom. The minimum atomic E-state index is -0.518. The molecule has 3 N–H and O–H groups in total. The highest BCUT2D eigenvalue weighted by Crippen LogP contribution is 2.27. The number of hydrogen-bond donors (Lipinski definition) is 2. The molecule has 4 rings (SSSR count). The van der Waals surface area contributed by atoms with E-state index in [-0.39, 0.29) is 17.3 Å². The highest BCUT2D eigenvalue weighted by molar-refractivity contribution is 8.00. The van der Waals surface area contributed by atoms with E-state index in [1.54, 1.807) is 49.4 Å². The molecular formula is C23H20FN5O2S. The van der Waals surface area contributed by atoms with Crippen molar-refractivity contribution in [3.05, 3.63) is 84.7 Å². The number of nitrogens with one attached hydrogen (secondary N) is 1. The second-order valence-corrected chi connectivity index (χ2v) is 8.15. The second kappa shape index (κ2) is 9.52. The van der Waals surface area contributed by atoms with Crippen LogP contribution in [0.3, 0.4) is 0 Å². The Kier molecular flexibility index (Phi) is 6.37. The lowest BCUT2D eigenvalue weighted by Crippen LogP contribution is -2.23.